The molecular weight excluding hydrogens is 469 g/mol. The SMILES string of the molecule is CN=C(NCc1cccnc1OC)N1CCN(c2ccccc2OC)CC1.I. The molecule has 152 valence electrons. The zero-order valence-corrected chi connectivity index (χ0v) is 18.9. The van der Waals surface area contributed by atoms with Crippen molar-refractivity contribution in [3.05, 3.63) is 48.2 Å². The molecule has 0 radical (unpaired) electrons. The van der Waals surface area contributed by atoms with Crippen molar-refractivity contribution in [2.75, 3.05) is 52.3 Å². The van der Waals surface area contributed by atoms with Gasteiger partial charge in [0, 0.05) is 51.5 Å². The van der Waals surface area contributed by atoms with E-state index in [1.165, 1.54) is 0 Å². The number of nitrogens with zero attached hydrogens (tertiary/aromatic N) is 4. The third-order valence-electron chi connectivity index (χ3n) is 4.70. The van der Waals surface area contributed by atoms with Crippen molar-refractivity contribution in [1.82, 2.24) is 15.2 Å². The smallest absolute Gasteiger partial charge is 0.218 e. The van der Waals surface area contributed by atoms with E-state index in [1.807, 2.05) is 37.4 Å². The number of piperazine rings is 1. The fourth-order valence-corrected chi connectivity index (χ4v) is 3.30. The molecule has 8 heteroatoms. The van der Waals surface area contributed by atoms with Gasteiger partial charge in [0.25, 0.3) is 0 Å². The Morgan fingerprint density at radius 3 is 2.50 bits per heavy atom. The number of methoxy groups -OCH3 is 2. The first-order chi connectivity index (χ1) is 13.3. The number of benzene rings is 1. The number of rotatable bonds is 5. The lowest BCUT2D eigenvalue weighted by Crippen LogP contribution is -2.52. The molecule has 0 saturated carbocycles. The maximum absolute atomic E-state index is 5.49. The van der Waals surface area contributed by atoms with Crippen molar-refractivity contribution >= 4 is 35.6 Å². The largest absolute Gasteiger partial charge is 0.495 e. The molecule has 2 aromatic rings. The van der Waals surface area contributed by atoms with Crippen molar-refractivity contribution in [3.63, 3.8) is 0 Å². The van der Waals surface area contributed by atoms with Crippen LogP contribution in [0.15, 0.2) is 47.6 Å². The number of nitrogens with one attached hydrogen (secondary N) is 1. The van der Waals surface area contributed by atoms with Crippen molar-refractivity contribution in [3.8, 4) is 11.6 Å². The highest BCUT2D eigenvalue weighted by Gasteiger charge is 2.21. The van der Waals surface area contributed by atoms with Crippen LogP contribution in [0.1, 0.15) is 5.56 Å². The third-order valence-corrected chi connectivity index (χ3v) is 4.70. The second-order valence-electron chi connectivity index (χ2n) is 6.22. The Labute approximate surface area is 183 Å². The van der Waals surface area contributed by atoms with Crippen LogP contribution in [0.2, 0.25) is 0 Å². The fourth-order valence-electron chi connectivity index (χ4n) is 3.30. The van der Waals surface area contributed by atoms with Gasteiger partial charge in [0.15, 0.2) is 5.96 Å². The Bertz CT molecular complexity index is 779. The van der Waals surface area contributed by atoms with Crippen LogP contribution in [0.25, 0.3) is 0 Å². The predicted octanol–water partition coefficient (Wildman–Crippen LogP) is 2.61. The Morgan fingerprint density at radius 1 is 1.07 bits per heavy atom. The molecule has 0 unspecified atom stereocenters. The number of guanidine groups is 1. The normalized spacial score (nSPS) is 14.3. The standard InChI is InChI=1S/C20H27N5O2.HI/c1-21-20(23-15-16-7-6-10-22-19(16)27-3)25-13-11-24(12-14-25)17-8-4-5-9-18(17)26-2;/h4-10H,11-15H2,1-3H3,(H,21,23);1H. The topological polar surface area (TPSA) is 62.2 Å². The molecule has 1 fully saturated rings. The minimum absolute atomic E-state index is 0. The predicted molar refractivity (Wildman–Crippen MR) is 123 cm³/mol. The van der Waals surface area contributed by atoms with E-state index in [-0.39, 0.29) is 24.0 Å². The number of pyridine rings is 1. The van der Waals surface area contributed by atoms with E-state index in [9.17, 15) is 0 Å². The summed E-state index contributed by atoms with van der Waals surface area (Å²) in [5.74, 6) is 2.44. The van der Waals surface area contributed by atoms with Crippen LogP contribution in [0.4, 0.5) is 5.69 Å². The summed E-state index contributed by atoms with van der Waals surface area (Å²) in [6, 6.07) is 12.1. The van der Waals surface area contributed by atoms with Crippen molar-refractivity contribution in [1.29, 1.82) is 0 Å². The summed E-state index contributed by atoms with van der Waals surface area (Å²) in [6.07, 6.45) is 1.73. The number of hydrogen-bond donors (Lipinski definition) is 1. The highest BCUT2D eigenvalue weighted by atomic mass is 127. The number of ether oxygens (including phenoxy) is 2. The summed E-state index contributed by atoms with van der Waals surface area (Å²) < 4.78 is 10.8. The van der Waals surface area contributed by atoms with E-state index >= 15 is 0 Å². The minimum Gasteiger partial charge on any atom is -0.495 e. The second-order valence-corrected chi connectivity index (χ2v) is 6.22. The van der Waals surface area contributed by atoms with Gasteiger partial charge >= 0.3 is 0 Å². The van der Waals surface area contributed by atoms with E-state index < -0.39 is 0 Å². The van der Waals surface area contributed by atoms with Gasteiger partial charge in [-0.1, -0.05) is 18.2 Å². The van der Waals surface area contributed by atoms with Crippen LogP contribution in [0.5, 0.6) is 11.6 Å². The van der Waals surface area contributed by atoms with E-state index in [2.05, 4.69) is 31.2 Å². The van der Waals surface area contributed by atoms with Gasteiger partial charge in [0.2, 0.25) is 5.88 Å². The minimum atomic E-state index is 0. The van der Waals surface area contributed by atoms with Gasteiger partial charge < -0.3 is 24.6 Å². The number of anilines is 1. The Balaban J connectivity index is 0.00000280. The van der Waals surface area contributed by atoms with Crippen molar-refractivity contribution < 1.29 is 9.47 Å². The van der Waals surface area contributed by atoms with Crippen LogP contribution in [0, 0.1) is 0 Å². The van der Waals surface area contributed by atoms with E-state index in [1.54, 1.807) is 20.4 Å². The highest BCUT2D eigenvalue weighted by molar-refractivity contribution is 14.0. The van der Waals surface area contributed by atoms with Crippen LogP contribution in [0.3, 0.4) is 0 Å². The Morgan fingerprint density at radius 2 is 1.82 bits per heavy atom. The van der Waals surface area contributed by atoms with Crippen molar-refractivity contribution in [2.24, 2.45) is 4.99 Å². The molecule has 2 heterocycles. The lowest BCUT2D eigenvalue weighted by molar-refractivity contribution is 0.365. The first-order valence-electron chi connectivity index (χ1n) is 9.08. The average molecular weight is 497 g/mol. The van der Waals surface area contributed by atoms with Crippen LogP contribution >= 0.6 is 24.0 Å². The zero-order chi connectivity index (χ0) is 19.1. The first-order valence-corrected chi connectivity index (χ1v) is 9.08. The molecule has 3 rings (SSSR count). The van der Waals surface area contributed by atoms with E-state index in [4.69, 9.17) is 9.47 Å². The third kappa shape index (κ3) is 5.18. The van der Waals surface area contributed by atoms with Gasteiger partial charge in [-0.05, 0) is 18.2 Å². The molecule has 0 spiro atoms. The lowest BCUT2D eigenvalue weighted by Gasteiger charge is -2.38. The molecule has 0 atom stereocenters. The zero-order valence-electron chi connectivity index (χ0n) is 16.6. The molecular formula is C20H28IN5O2. The lowest BCUT2D eigenvalue weighted by atomic mass is 10.2. The van der Waals surface area contributed by atoms with Crippen LogP contribution < -0.4 is 19.7 Å². The van der Waals surface area contributed by atoms with Gasteiger partial charge in [-0.3, -0.25) is 4.99 Å². The molecule has 0 bridgehead atoms. The summed E-state index contributed by atoms with van der Waals surface area (Å²) in [6.45, 7) is 4.23. The van der Waals surface area contributed by atoms with Crippen molar-refractivity contribution in [2.45, 2.75) is 6.54 Å². The molecule has 1 saturated heterocycles. The highest BCUT2D eigenvalue weighted by Crippen LogP contribution is 2.28. The maximum Gasteiger partial charge on any atom is 0.218 e. The average Bonchev–Trinajstić information content (AvgIpc) is 2.75. The summed E-state index contributed by atoms with van der Waals surface area (Å²) in [5, 5.41) is 3.42. The summed E-state index contributed by atoms with van der Waals surface area (Å²) >= 11 is 0. The molecule has 0 amide bonds. The Hall–Kier alpha value is -2.23. The quantitative estimate of drug-likeness (QED) is 0.390. The number of aliphatic imine (C=N–C) groups is 1. The number of halogens is 1. The maximum atomic E-state index is 5.49. The molecule has 1 N–H and O–H groups in total. The molecule has 1 aromatic heterocycles. The van der Waals surface area contributed by atoms with Gasteiger partial charge in [0.05, 0.1) is 19.9 Å². The van der Waals surface area contributed by atoms with Crippen LogP contribution in [-0.4, -0.2) is 63.3 Å². The van der Waals surface area contributed by atoms with Gasteiger partial charge in [-0.15, -0.1) is 24.0 Å². The summed E-state index contributed by atoms with van der Waals surface area (Å²) in [4.78, 5) is 13.3. The second kappa shape index (κ2) is 10.9. The molecule has 1 aliphatic heterocycles. The van der Waals surface area contributed by atoms with Gasteiger partial charge in [-0.25, -0.2) is 4.98 Å². The molecule has 7 nitrogen and oxygen atoms in total. The summed E-state index contributed by atoms with van der Waals surface area (Å²) in [7, 11) is 5.17. The molecule has 1 aliphatic rings. The molecule has 0 aliphatic carbocycles. The van der Waals surface area contributed by atoms with Gasteiger partial charge in [0.1, 0.15) is 5.75 Å². The monoisotopic (exact) mass is 497 g/mol. The Kier molecular flexibility index (Phi) is 8.62. The first kappa shape index (κ1) is 22.1. The van der Waals surface area contributed by atoms with E-state index in [0.29, 0.717) is 12.4 Å². The number of aromatic nitrogens is 1. The number of hydrogen-bond acceptors (Lipinski definition) is 5. The summed E-state index contributed by atoms with van der Waals surface area (Å²) in [5.41, 5.74) is 2.15. The fraction of sp³-hybridized carbons (Fsp3) is 0.400. The van der Waals surface area contributed by atoms with Crippen LogP contribution in [-0.2, 0) is 6.54 Å². The molecule has 1 aromatic carbocycles. The van der Waals surface area contributed by atoms with Gasteiger partial charge in [-0.2, -0.15) is 0 Å². The van der Waals surface area contributed by atoms with E-state index in [0.717, 1.165) is 49.1 Å². The number of para-hydroxylation sites is 2. The molecule has 28 heavy (non-hydrogen) atoms.